The van der Waals surface area contributed by atoms with Crippen LogP contribution in [-0.4, -0.2) is 36.9 Å². The van der Waals surface area contributed by atoms with Gasteiger partial charge in [-0.1, -0.05) is 6.92 Å². The van der Waals surface area contributed by atoms with Crippen molar-refractivity contribution in [3.05, 3.63) is 0 Å². The molecule has 2 atom stereocenters. The van der Waals surface area contributed by atoms with Gasteiger partial charge in [0.2, 0.25) is 0 Å². The zero-order valence-corrected chi connectivity index (χ0v) is 10.9. The Morgan fingerprint density at radius 2 is 1.50 bits per heavy atom. The molecule has 3 nitrogen and oxygen atoms in total. The van der Waals surface area contributed by atoms with Crippen molar-refractivity contribution in [2.75, 3.05) is 19.7 Å². The van der Waals surface area contributed by atoms with Crippen LogP contribution >= 0.6 is 24.8 Å². The maximum absolute atomic E-state index is 7.88. The Hall–Kier alpha value is 0.460. The van der Waals surface area contributed by atoms with E-state index >= 15 is 0 Å². The first-order valence-electron chi connectivity index (χ1n) is 4.78. The lowest BCUT2D eigenvalue weighted by molar-refractivity contribution is 0.295. The highest BCUT2D eigenvalue weighted by Crippen LogP contribution is 1.90. The molecule has 1 rings (SSSR count). The average Bonchev–Trinajstić information content (AvgIpc) is 2.04. The summed E-state index contributed by atoms with van der Waals surface area (Å²) < 4.78 is 0. The standard InChI is InChI=1S/C6H14N2.C3H8O.2ClH/c1-5-3-7-4-6(2)8-5;1-2-3-4;;/h5-8H,3-4H2,1-2H3;4H,2-3H2,1H3;2*1H/t5-,6+;;;. The van der Waals surface area contributed by atoms with Gasteiger partial charge in [0, 0.05) is 31.8 Å². The van der Waals surface area contributed by atoms with E-state index in [0.29, 0.717) is 18.7 Å². The summed E-state index contributed by atoms with van der Waals surface area (Å²) in [7, 11) is 0. The molecular formula is C9H24Cl2N2O. The lowest BCUT2D eigenvalue weighted by Gasteiger charge is -2.26. The Balaban J connectivity index is -0.000000180. The smallest absolute Gasteiger partial charge is 0.0428 e. The first-order chi connectivity index (χ1) is 5.70. The van der Waals surface area contributed by atoms with Gasteiger partial charge in [-0.2, -0.15) is 0 Å². The van der Waals surface area contributed by atoms with Gasteiger partial charge in [-0.05, 0) is 20.3 Å². The van der Waals surface area contributed by atoms with Crippen LogP contribution in [0.15, 0.2) is 0 Å². The summed E-state index contributed by atoms with van der Waals surface area (Å²) in [5.41, 5.74) is 0. The van der Waals surface area contributed by atoms with E-state index in [1.54, 1.807) is 0 Å². The van der Waals surface area contributed by atoms with E-state index in [2.05, 4.69) is 24.5 Å². The van der Waals surface area contributed by atoms with Crippen LogP contribution in [0.25, 0.3) is 0 Å². The molecule has 0 saturated carbocycles. The number of hydrogen-bond donors (Lipinski definition) is 3. The van der Waals surface area contributed by atoms with Crippen molar-refractivity contribution < 1.29 is 5.11 Å². The molecule has 0 radical (unpaired) electrons. The van der Waals surface area contributed by atoms with Crippen LogP contribution in [0.2, 0.25) is 0 Å². The molecule has 90 valence electrons. The molecule has 0 aliphatic carbocycles. The van der Waals surface area contributed by atoms with Gasteiger partial charge in [-0.3, -0.25) is 0 Å². The highest BCUT2D eigenvalue weighted by atomic mass is 35.5. The lowest BCUT2D eigenvalue weighted by Crippen LogP contribution is -2.52. The topological polar surface area (TPSA) is 44.3 Å². The number of aliphatic hydroxyl groups excluding tert-OH is 1. The number of piperazine rings is 1. The first kappa shape index (κ1) is 19.9. The Morgan fingerprint density at radius 3 is 1.64 bits per heavy atom. The van der Waals surface area contributed by atoms with Gasteiger partial charge >= 0.3 is 0 Å². The molecule has 0 amide bonds. The fraction of sp³-hybridized carbons (Fsp3) is 1.00. The number of hydrogen-bond acceptors (Lipinski definition) is 3. The molecule has 1 saturated heterocycles. The quantitative estimate of drug-likeness (QED) is 0.652. The second-order valence-electron chi connectivity index (χ2n) is 3.35. The van der Waals surface area contributed by atoms with Gasteiger partial charge in [-0.25, -0.2) is 0 Å². The van der Waals surface area contributed by atoms with E-state index in [9.17, 15) is 0 Å². The van der Waals surface area contributed by atoms with E-state index in [-0.39, 0.29) is 24.8 Å². The molecule has 1 aliphatic heterocycles. The van der Waals surface area contributed by atoms with Crippen LogP contribution in [-0.2, 0) is 0 Å². The van der Waals surface area contributed by atoms with Crippen molar-refractivity contribution in [1.29, 1.82) is 0 Å². The molecule has 1 aliphatic rings. The predicted molar refractivity (Wildman–Crippen MR) is 66.8 cm³/mol. The van der Waals surface area contributed by atoms with E-state index < -0.39 is 0 Å². The molecule has 0 spiro atoms. The number of halogens is 2. The second kappa shape index (κ2) is 13.5. The van der Waals surface area contributed by atoms with Gasteiger partial charge in [0.1, 0.15) is 0 Å². The Kier molecular flexibility index (Phi) is 19.2. The van der Waals surface area contributed by atoms with Gasteiger partial charge in [0.15, 0.2) is 0 Å². The molecule has 14 heavy (non-hydrogen) atoms. The van der Waals surface area contributed by atoms with E-state index in [0.717, 1.165) is 19.5 Å². The van der Waals surface area contributed by atoms with Crippen LogP contribution in [0.4, 0.5) is 0 Å². The summed E-state index contributed by atoms with van der Waals surface area (Å²) in [6, 6.07) is 1.30. The maximum Gasteiger partial charge on any atom is 0.0428 e. The molecule has 0 bridgehead atoms. The van der Waals surface area contributed by atoms with Crippen molar-refractivity contribution in [3.8, 4) is 0 Å². The SMILES string of the molecule is CCCO.C[C@@H]1CNC[C@H](C)N1.Cl.Cl. The zero-order chi connectivity index (χ0) is 9.40. The van der Waals surface area contributed by atoms with E-state index in [1.165, 1.54) is 0 Å². The number of nitrogens with one attached hydrogen (secondary N) is 2. The second-order valence-corrected chi connectivity index (χ2v) is 3.35. The highest BCUT2D eigenvalue weighted by Gasteiger charge is 2.11. The summed E-state index contributed by atoms with van der Waals surface area (Å²) >= 11 is 0. The third-order valence-corrected chi connectivity index (χ3v) is 1.69. The maximum atomic E-state index is 7.88. The summed E-state index contributed by atoms with van der Waals surface area (Å²) in [4.78, 5) is 0. The summed E-state index contributed by atoms with van der Waals surface area (Å²) in [5, 5.41) is 14.6. The summed E-state index contributed by atoms with van der Waals surface area (Å²) in [6.07, 6.45) is 0.875. The molecule has 3 N–H and O–H groups in total. The molecular weight excluding hydrogens is 223 g/mol. The highest BCUT2D eigenvalue weighted by molar-refractivity contribution is 5.85. The van der Waals surface area contributed by atoms with Crippen molar-refractivity contribution >= 4 is 24.8 Å². The van der Waals surface area contributed by atoms with Crippen LogP contribution in [0, 0.1) is 0 Å². The molecule has 1 heterocycles. The van der Waals surface area contributed by atoms with Crippen LogP contribution in [0.1, 0.15) is 27.2 Å². The van der Waals surface area contributed by atoms with E-state index in [4.69, 9.17) is 5.11 Å². The van der Waals surface area contributed by atoms with E-state index in [1.807, 2.05) is 6.92 Å². The summed E-state index contributed by atoms with van der Waals surface area (Å²) in [6.45, 7) is 8.88. The van der Waals surface area contributed by atoms with Crippen molar-refractivity contribution in [1.82, 2.24) is 10.6 Å². The van der Waals surface area contributed by atoms with Crippen LogP contribution < -0.4 is 10.6 Å². The molecule has 0 aromatic rings. The first-order valence-corrected chi connectivity index (χ1v) is 4.78. The minimum absolute atomic E-state index is 0. The normalized spacial score (nSPS) is 24.9. The zero-order valence-electron chi connectivity index (χ0n) is 9.25. The van der Waals surface area contributed by atoms with Crippen molar-refractivity contribution in [2.24, 2.45) is 0 Å². The van der Waals surface area contributed by atoms with Crippen LogP contribution in [0.5, 0.6) is 0 Å². The van der Waals surface area contributed by atoms with Crippen LogP contribution in [0.3, 0.4) is 0 Å². The third kappa shape index (κ3) is 12.5. The molecule has 5 heteroatoms. The van der Waals surface area contributed by atoms with Gasteiger partial charge in [0.05, 0.1) is 0 Å². The third-order valence-electron chi connectivity index (χ3n) is 1.69. The number of rotatable bonds is 1. The number of aliphatic hydroxyl groups is 1. The molecule has 0 aromatic heterocycles. The molecule has 0 unspecified atom stereocenters. The van der Waals surface area contributed by atoms with Gasteiger partial charge < -0.3 is 15.7 Å². The minimum atomic E-state index is 0. The Bertz CT molecular complexity index is 96.8. The van der Waals surface area contributed by atoms with Gasteiger partial charge in [-0.15, -0.1) is 24.8 Å². The predicted octanol–water partition coefficient (Wildman–Crippen LogP) is 1.19. The summed E-state index contributed by atoms with van der Waals surface area (Å²) in [5.74, 6) is 0. The average molecular weight is 247 g/mol. The monoisotopic (exact) mass is 246 g/mol. The largest absolute Gasteiger partial charge is 0.396 e. The minimum Gasteiger partial charge on any atom is -0.396 e. The fourth-order valence-corrected chi connectivity index (χ4v) is 1.12. The molecule has 1 fully saturated rings. The Labute approximate surface area is 99.9 Å². The Morgan fingerprint density at radius 1 is 1.14 bits per heavy atom. The van der Waals surface area contributed by atoms with Gasteiger partial charge in [0.25, 0.3) is 0 Å². The van der Waals surface area contributed by atoms with Crippen molar-refractivity contribution in [3.63, 3.8) is 0 Å². The fourth-order valence-electron chi connectivity index (χ4n) is 1.12. The van der Waals surface area contributed by atoms with Crippen molar-refractivity contribution in [2.45, 2.75) is 39.3 Å². The lowest BCUT2D eigenvalue weighted by atomic mass is 10.2. The molecule has 0 aromatic carbocycles.